The number of nitrogens with zero attached hydrogens (tertiary/aromatic N) is 2. The van der Waals surface area contributed by atoms with Crippen LogP contribution in [0.1, 0.15) is 57.4 Å². The first-order valence-electron chi connectivity index (χ1n) is 12.3. The third-order valence-electron chi connectivity index (χ3n) is 6.16. The monoisotopic (exact) mass is 516 g/mol. The average Bonchev–Trinajstić information content (AvgIpc) is 3.16. The summed E-state index contributed by atoms with van der Waals surface area (Å²) in [4.78, 5) is 32.0. The Balaban J connectivity index is 1.84. The number of hydrogen-bond acceptors (Lipinski definition) is 6. The Morgan fingerprint density at radius 3 is 2.41 bits per heavy atom. The lowest BCUT2D eigenvalue weighted by Crippen LogP contribution is -2.39. The highest BCUT2D eigenvalue weighted by molar-refractivity contribution is 7.07. The van der Waals surface area contributed by atoms with Crippen molar-refractivity contribution in [1.29, 1.82) is 0 Å². The molecule has 1 aromatic heterocycles. The van der Waals surface area contributed by atoms with Gasteiger partial charge in [0.25, 0.3) is 5.56 Å². The van der Waals surface area contributed by atoms with Gasteiger partial charge in [0.05, 0.1) is 28.5 Å². The maximum absolute atomic E-state index is 13.7. The van der Waals surface area contributed by atoms with Crippen LogP contribution in [0.25, 0.3) is 6.08 Å². The molecular formula is C30H32N2O4S. The van der Waals surface area contributed by atoms with Crippen molar-refractivity contribution < 1.29 is 14.3 Å². The molecular weight excluding hydrogens is 484 g/mol. The topological polar surface area (TPSA) is 69.9 Å². The molecule has 37 heavy (non-hydrogen) atoms. The zero-order chi connectivity index (χ0) is 26.7. The molecule has 0 amide bonds. The van der Waals surface area contributed by atoms with Gasteiger partial charge in [0, 0.05) is 0 Å². The summed E-state index contributed by atoms with van der Waals surface area (Å²) < 4.78 is 13.1. The highest BCUT2D eigenvalue weighted by Crippen LogP contribution is 2.31. The molecule has 0 unspecified atom stereocenters. The fourth-order valence-electron chi connectivity index (χ4n) is 4.24. The number of aromatic nitrogens is 1. The second-order valence-corrected chi connectivity index (χ2v) is 10.9. The first-order chi connectivity index (χ1) is 17.6. The van der Waals surface area contributed by atoms with Crippen molar-refractivity contribution in [3.8, 4) is 5.75 Å². The average molecular weight is 517 g/mol. The summed E-state index contributed by atoms with van der Waals surface area (Å²) in [5, 5.41) is 0. The summed E-state index contributed by atoms with van der Waals surface area (Å²) in [6.07, 6.45) is 3.55. The van der Waals surface area contributed by atoms with E-state index in [4.69, 9.17) is 9.47 Å². The van der Waals surface area contributed by atoms with Crippen LogP contribution in [0.5, 0.6) is 5.75 Å². The fourth-order valence-corrected chi connectivity index (χ4v) is 5.29. The minimum absolute atomic E-state index is 0.0468. The Morgan fingerprint density at radius 1 is 1.14 bits per heavy atom. The number of hydrogen-bond donors (Lipinski definition) is 0. The molecule has 0 saturated heterocycles. The van der Waals surface area contributed by atoms with Crippen LogP contribution in [-0.4, -0.2) is 23.8 Å². The minimum atomic E-state index is -0.658. The quantitative estimate of drug-likeness (QED) is 0.338. The van der Waals surface area contributed by atoms with Gasteiger partial charge >= 0.3 is 5.97 Å². The van der Waals surface area contributed by atoms with Crippen LogP contribution >= 0.6 is 11.3 Å². The zero-order valence-corrected chi connectivity index (χ0v) is 22.7. The van der Waals surface area contributed by atoms with Gasteiger partial charge in [0.2, 0.25) is 0 Å². The van der Waals surface area contributed by atoms with Crippen molar-refractivity contribution >= 4 is 23.4 Å². The maximum atomic E-state index is 13.7. The molecule has 0 spiro atoms. The van der Waals surface area contributed by atoms with Crippen molar-refractivity contribution in [3.05, 3.63) is 109 Å². The Bertz CT molecular complexity index is 1520. The first-order valence-corrected chi connectivity index (χ1v) is 13.1. The molecule has 192 valence electrons. The lowest BCUT2D eigenvalue weighted by molar-refractivity contribution is -0.139. The third kappa shape index (κ3) is 5.52. The molecule has 1 atom stereocenters. The number of allylic oxidation sites excluding steroid dienone is 1. The highest BCUT2D eigenvalue weighted by Gasteiger charge is 2.33. The van der Waals surface area contributed by atoms with Crippen molar-refractivity contribution in [1.82, 2.24) is 4.57 Å². The molecule has 1 aliphatic heterocycles. The number of esters is 1. The number of rotatable bonds is 7. The Kier molecular flexibility index (Phi) is 7.64. The fraction of sp³-hybridized carbons (Fsp3) is 0.300. The van der Waals surface area contributed by atoms with E-state index >= 15 is 0 Å². The van der Waals surface area contributed by atoms with E-state index in [2.05, 4.69) is 44.5 Å². The Labute approximate surface area is 220 Å². The molecule has 0 N–H and O–H groups in total. The molecule has 6 nitrogen and oxygen atoms in total. The van der Waals surface area contributed by atoms with Crippen LogP contribution in [0.2, 0.25) is 0 Å². The Hall–Kier alpha value is -3.71. The molecule has 0 saturated carbocycles. The van der Waals surface area contributed by atoms with Crippen LogP contribution in [0.3, 0.4) is 0 Å². The summed E-state index contributed by atoms with van der Waals surface area (Å²) in [6, 6.07) is 14.9. The van der Waals surface area contributed by atoms with E-state index in [1.807, 2.05) is 42.5 Å². The lowest BCUT2D eigenvalue weighted by atomic mass is 9.87. The first kappa shape index (κ1) is 26.4. The summed E-state index contributed by atoms with van der Waals surface area (Å²) in [5.74, 6) is 0.195. The molecule has 7 heteroatoms. The van der Waals surface area contributed by atoms with Crippen LogP contribution < -0.4 is 19.6 Å². The van der Waals surface area contributed by atoms with Crippen LogP contribution in [0, 0.1) is 0 Å². The number of carbonyl (C=O) groups excluding carboxylic acids is 1. The van der Waals surface area contributed by atoms with Crippen molar-refractivity contribution in [2.24, 2.45) is 4.99 Å². The molecule has 3 aromatic rings. The van der Waals surface area contributed by atoms with Gasteiger partial charge in [-0.25, -0.2) is 9.79 Å². The second kappa shape index (κ2) is 10.7. The molecule has 2 aromatic carbocycles. The number of fused-ring (bicyclic) bond motifs is 1. The molecule has 0 aliphatic carbocycles. The standard InChI is InChI=1S/C30H32N2O4S/c1-7-17-36-23-15-11-21(12-16-23)26-25(28(34)35-8-2)19(3)31-29-32(26)27(33)24(37-29)18-20-9-13-22(14-10-20)30(4,5)6/h7,9-16,18,26H,1,8,17H2,2-6H3/b24-18-/t26-/m0/s1. The van der Waals surface area contributed by atoms with Gasteiger partial charge in [0.1, 0.15) is 12.4 Å². The third-order valence-corrected chi connectivity index (χ3v) is 7.14. The zero-order valence-electron chi connectivity index (χ0n) is 21.9. The number of benzene rings is 2. The van der Waals surface area contributed by atoms with Gasteiger partial charge in [-0.2, -0.15) is 0 Å². The molecule has 0 fully saturated rings. The van der Waals surface area contributed by atoms with Gasteiger partial charge in [-0.15, -0.1) is 0 Å². The SMILES string of the molecule is C=CCOc1ccc([C@H]2C(C(=O)OCC)=C(C)N=c3s/c(=C\c4ccc(C(C)(C)C)cc4)c(=O)n32)cc1. The van der Waals surface area contributed by atoms with E-state index in [9.17, 15) is 9.59 Å². The molecule has 0 radical (unpaired) electrons. The molecule has 1 aliphatic rings. The summed E-state index contributed by atoms with van der Waals surface area (Å²) in [6.45, 7) is 14.3. The van der Waals surface area contributed by atoms with Gasteiger partial charge in [-0.05, 0) is 54.2 Å². The van der Waals surface area contributed by atoms with E-state index in [0.29, 0.717) is 33.0 Å². The summed E-state index contributed by atoms with van der Waals surface area (Å²) >= 11 is 1.32. The normalized spacial score (nSPS) is 15.7. The van der Waals surface area contributed by atoms with Crippen molar-refractivity contribution in [2.45, 2.75) is 46.1 Å². The smallest absolute Gasteiger partial charge is 0.338 e. The Morgan fingerprint density at radius 2 is 1.81 bits per heavy atom. The van der Waals surface area contributed by atoms with E-state index in [1.54, 1.807) is 24.5 Å². The van der Waals surface area contributed by atoms with Crippen LogP contribution in [-0.2, 0) is 14.9 Å². The van der Waals surface area contributed by atoms with Crippen LogP contribution in [0.15, 0.2) is 82.2 Å². The largest absolute Gasteiger partial charge is 0.490 e. The minimum Gasteiger partial charge on any atom is -0.490 e. The van der Waals surface area contributed by atoms with Gasteiger partial charge in [-0.3, -0.25) is 9.36 Å². The van der Waals surface area contributed by atoms with Gasteiger partial charge in [-0.1, -0.05) is 81.2 Å². The predicted molar refractivity (Wildman–Crippen MR) is 148 cm³/mol. The summed E-state index contributed by atoms with van der Waals surface area (Å²) in [5.41, 5.74) is 3.67. The van der Waals surface area contributed by atoms with E-state index in [-0.39, 0.29) is 17.6 Å². The summed E-state index contributed by atoms with van der Waals surface area (Å²) in [7, 11) is 0. The molecule has 0 bridgehead atoms. The number of carbonyl (C=O) groups is 1. The second-order valence-electron chi connectivity index (χ2n) is 9.84. The van der Waals surface area contributed by atoms with Gasteiger partial charge < -0.3 is 9.47 Å². The van der Waals surface area contributed by atoms with E-state index in [0.717, 1.165) is 11.1 Å². The van der Waals surface area contributed by atoms with Crippen molar-refractivity contribution in [3.63, 3.8) is 0 Å². The van der Waals surface area contributed by atoms with Crippen molar-refractivity contribution in [2.75, 3.05) is 13.2 Å². The van der Waals surface area contributed by atoms with Gasteiger partial charge in [0.15, 0.2) is 4.80 Å². The molecule has 4 rings (SSSR count). The number of ether oxygens (including phenoxy) is 2. The molecule has 2 heterocycles. The highest BCUT2D eigenvalue weighted by atomic mass is 32.1. The van der Waals surface area contributed by atoms with E-state index in [1.165, 1.54) is 16.9 Å². The lowest BCUT2D eigenvalue weighted by Gasteiger charge is -2.24. The van der Waals surface area contributed by atoms with E-state index < -0.39 is 12.0 Å². The van der Waals surface area contributed by atoms with Crippen LogP contribution in [0.4, 0.5) is 0 Å². The maximum Gasteiger partial charge on any atom is 0.338 e. The number of thiazole rings is 1. The predicted octanol–water partition coefficient (Wildman–Crippen LogP) is 4.66.